The highest BCUT2D eigenvalue weighted by atomic mass is 16.7. The van der Waals surface area contributed by atoms with Crippen LogP contribution in [0.25, 0.3) is 0 Å². The molecule has 0 radical (unpaired) electrons. The van der Waals surface area contributed by atoms with Gasteiger partial charge in [0.25, 0.3) is 0 Å². The van der Waals surface area contributed by atoms with Crippen molar-refractivity contribution in [1.82, 2.24) is 0 Å². The van der Waals surface area contributed by atoms with Gasteiger partial charge in [-0.15, -0.1) is 0 Å². The molecule has 0 spiro atoms. The summed E-state index contributed by atoms with van der Waals surface area (Å²) in [6.07, 6.45) is -2.59. The van der Waals surface area contributed by atoms with Gasteiger partial charge in [0.1, 0.15) is 12.2 Å². The lowest BCUT2D eigenvalue weighted by molar-refractivity contribution is -0.166. The van der Waals surface area contributed by atoms with Gasteiger partial charge in [-0.25, -0.2) is 0 Å². The van der Waals surface area contributed by atoms with E-state index in [0.29, 0.717) is 6.42 Å². The molecule has 0 aliphatic carbocycles. The summed E-state index contributed by atoms with van der Waals surface area (Å²) in [5, 5.41) is 27.0. The van der Waals surface area contributed by atoms with Crippen LogP contribution in [0.5, 0.6) is 0 Å². The fourth-order valence-corrected chi connectivity index (χ4v) is 1.25. The fraction of sp³-hybridized carbons (Fsp3) is 1.00. The Morgan fingerprint density at radius 1 is 1.67 bits per heavy atom. The largest absolute Gasteiger partial charge is 0.394 e. The molecule has 72 valence electrons. The molecule has 0 saturated carbocycles. The van der Waals surface area contributed by atoms with Crippen LogP contribution in [-0.4, -0.2) is 53.6 Å². The summed E-state index contributed by atoms with van der Waals surface area (Å²) in [4.78, 5) is 0. The van der Waals surface area contributed by atoms with Crippen molar-refractivity contribution in [2.45, 2.75) is 31.0 Å². The SMILES string of the molecule is COC1O[C@@H]([C@H](O)CO)C[C@H]1O. The molecule has 1 heterocycles. The number of aliphatic hydroxyl groups excluding tert-OH is 3. The number of hydrogen-bond acceptors (Lipinski definition) is 5. The topological polar surface area (TPSA) is 79.2 Å². The Balaban J connectivity index is 2.42. The first-order valence-electron chi connectivity index (χ1n) is 3.84. The molecular formula is C7H14O5. The molecule has 0 amide bonds. The van der Waals surface area contributed by atoms with Crippen molar-refractivity contribution in [2.75, 3.05) is 13.7 Å². The van der Waals surface area contributed by atoms with Crippen LogP contribution in [-0.2, 0) is 9.47 Å². The molecular weight excluding hydrogens is 164 g/mol. The van der Waals surface area contributed by atoms with Crippen LogP contribution in [0.3, 0.4) is 0 Å². The van der Waals surface area contributed by atoms with Gasteiger partial charge in [-0.3, -0.25) is 0 Å². The van der Waals surface area contributed by atoms with E-state index in [1.165, 1.54) is 7.11 Å². The lowest BCUT2D eigenvalue weighted by atomic mass is 10.1. The van der Waals surface area contributed by atoms with Gasteiger partial charge in [-0.1, -0.05) is 0 Å². The number of rotatable bonds is 3. The summed E-state index contributed by atoms with van der Waals surface area (Å²) in [5.74, 6) is 0. The van der Waals surface area contributed by atoms with E-state index in [4.69, 9.17) is 19.7 Å². The lowest BCUT2D eigenvalue weighted by Crippen LogP contribution is -2.29. The van der Waals surface area contributed by atoms with E-state index in [1.807, 2.05) is 0 Å². The van der Waals surface area contributed by atoms with Crippen molar-refractivity contribution in [3.63, 3.8) is 0 Å². The highest BCUT2D eigenvalue weighted by Crippen LogP contribution is 2.22. The zero-order valence-corrected chi connectivity index (χ0v) is 6.88. The fourth-order valence-electron chi connectivity index (χ4n) is 1.25. The quantitative estimate of drug-likeness (QED) is 0.488. The summed E-state index contributed by atoms with van der Waals surface area (Å²) in [6, 6.07) is 0. The Morgan fingerprint density at radius 3 is 2.75 bits per heavy atom. The van der Waals surface area contributed by atoms with Gasteiger partial charge in [0.05, 0.1) is 12.7 Å². The third-order valence-corrected chi connectivity index (χ3v) is 1.95. The minimum Gasteiger partial charge on any atom is -0.394 e. The Hall–Kier alpha value is -0.200. The van der Waals surface area contributed by atoms with E-state index in [-0.39, 0.29) is 6.61 Å². The van der Waals surface area contributed by atoms with E-state index in [2.05, 4.69) is 0 Å². The molecule has 1 rings (SSSR count). The Morgan fingerprint density at radius 2 is 2.33 bits per heavy atom. The first-order chi connectivity index (χ1) is 5.69. The molecule has 1 aliphatic rings. The first-order valence-corrected chi connectivity index (χ1v) is 3.84. The van der Waals surface area contributed by atoms with Gasteiger partial charge in [0.2, 0.25) is 0 Å². The van der Waals surface area contributed by atoms with E-state index >= 15 is 0 Å². The predicted molar refractivity (Wildman–Crippen MR) is 39.4 cm³/mol. The third kappa shape index (κ3) is 1.94. The average Bonchev–Trinajstić information content (AvgIpc) is 2.45. The summed E-state index contributed by atoms with van der Waals surface area (Å²) in [6.45, 7) is -0.367. The monoisotopic (exact) mass is 178 g/mol. The van der Waals surface area contributed by atoms with Crippen molar-refractivity contribution in [1.29, 1.82) is 0 Å². The van der Waals surface area contributed by atoms with Gasteiger partial charge in [-0.05, 0) is 0 Å². The van der Waals surface area contributed by atoms with Crippen molar-refractivity contribution < 1.29 is 24.8 Å². The molecule has 4 atom stereocenters. The molecule has 0 aromatic carbocycles. The highest BCUT2D eigenvalue weighted by Gasteiger charge is 2.37. The maximum atomic E-state index is 9.26. The zero-order chi connectivity index (χ0) is 9.14. The summed E-state index contributed by atoms with van der Waals surface area (Å²) < 4.78 is 9.88. The van der Waals surface area contributed by atoms with Crippen LogP contribution in [0, 0.1) is 0 Å². The van der Waals surface area contributed by atoms with E-state index in [9.17, 15) is 5.11 Å². The molecule has 0 aromatic heterocycles. The third-order valence-electron chi connectivity index (χ3n) is 1.95. The van der Waals surface area contributed by atoms with E-state index in [1.54, 1.807) is 0 Å². The van der Waals surface area contributed by atoms with Crippen molar-refractivity contribution in [3.05, 3.63) is 0 Å². The molecule has 0 aromatic rings. The molecule has 1 aliphatic heterocycles. The van der Waals surface area contributed by atoms with Gasteiger partial charge in [-0.2, -0.15) is 0 Å². The van der Waals surface area contributed by atoms with Crippen molar-refractivity contribution in [2.24, 2.45) is 0 Å². The second-order valence-electron chi connectivity index (χ2n) is 2.83. The summed E-state index contributed by atoms with van der Waals surface area (Å²) in [5.41, 5.74) is 0. The van der Waals surface area contributed by atoms with Crippen molar-refractivity contribution in [3.8, 4) is 0 Å². The zero-order valence-electron chi connectivity index (χ0n) is 6.88. The molecule has 12 heavy (non-hydrogen) atoms. The smallest absolute Gasteiger partial charge is 0.183 e. The molecule has 1 unspecified atom stereocenters. The number of ether oxygens (including phenoxy) is 2. The Labute approximate surface area is 70.5 Å². The molecule has 0 bridgehead atoms. The summed E-state index contributed by atoms with van der Waals surface area (Å²) in [7, 11) is 1.42. The maximum absolute atomic E-state index is 9.26. The molecule has 1 fully saturated rings. The Kier molecular flexibility index (Phi) is 3.42. The summed E-state index contributed by atoms with van der Waals surface area (Å²) >= 11 is 0. The molecule has 5 heteroatoms. The first kappa shape index (κ1) is 9.88. The van der Waals surface area contributed by atoms with E-state index < -0.39 is 24.6 Å². The van der Waals surface area contributed by atoms with Crippen LogP contribution >= 0.6 is 0 Å². The minimum absolute atomic E-state index is 0.292. The van der Waals surface area contributed by atoms with Crippen LogP contribution < -0.4 is 0 Å². The second-order valence-corrected chi connectivity index (χ2v) is 2.83. The van der Waals surface area contributed by atoms with Crippen LogP contribution in [0.1, 0.15) is 6.42 Å². The molecule has 3 N–H and O–H groups in total. The average molecular weight is 178 g/mol. The van der Waals surface area contributed by atoms with Crippen LogP contribution in [0.15, 0.2) is 0 Å². The van der Waals surface area contributed by atoms with E-state index in [0.717, 1.165) is 0 Å². The number of methoxy groups -OCH3 is 1. The second kappa shape index (κ2) is 4.15. The van der Waals surface area contributed by atoms with Gasteiger partial charge >= 0.3 is 0 Å². The highest BCUT2D eigenvalue weighted by molar-refractivity contribution is 4.81. The van der Waals surface area contributed by atoms with Crippen LogP contribution in [0.4, 0.5) is 0 Å². The lowest BCUT2D eigenvalue weighted by Gasteiger charge is -2.15. The Bertz CT molecular complexity index is 140. The normalized spacial score (nSPS) is 38.5. The molecule has 1 saturated heterocycles. The van der Waals surface area contributed by atoms with Crippen LogP contribution in [0.2, 0.25) is 0 Å². The number of hydrogen-bond donors (Lipinski definition) is 3. The van der Waals surface area contributed by atoms with Gasteiger partial charge in [0, 0.05) is 13.5 Å². The number of aliphatic hydroxyl groups is 3. The maximum Gasteiger partial charge on any atom is 0.183 e. The van der Waals surface area contributed by atoms with Crippen molar-refractivity contribution >= 4 is 0 Å². The van der Waals surface area contributed by atoms with Gasteiger partial charge < -0.3 is 24.8 Å². The predicted octanol–water partition coefficient (Wildman–Crippen LogP) is -1.54. The minimum atomic E-state index is -0.945. The standard InChI is InChI=1S/C7H14O5/c1-11-7-4(9)2-6(12-7)5(10)3-8/h4-10H,2-3H2,1H3/t4-,5-,6-,7?/m1/s1. The van der Waals surface area contributed by atoms with Gasteiger partial charge in [0.15, 0.2) is 6.29 Å². The molecule has 5 nitrogen and oxygen atoms in total.